The molecule has 0 aliphatic carbocycles. The second-order valence-electron chi connectivity index (χ2n) is 7.40. The van der Waals surface area contributed by atoms with E-state index in [0.717, 1.165) is 29.7 Å². The Balaban J connectivity index is 1.27. The van der Waals surface area contributed by atoms with E-state index < -0.39 is 0 Å². The molecule has 8 heteroatoms. The number of unbranched alkanes of at least 4 members (excludes halogenated alkanes) is 1. The fourth-order valence-electron chi connectivity index (χ4n) is 3.10. The van der Waals surface area contributed by atoms with Crippen LogP contribution >= 0.6 is 12.2 Å². The van der Waals surface area contributed by atoms with Crippen molar-refractivity contribution in [3.05, 3.63) is 78.0 Å². The van der Waals surface area contributed by atoms with Gasteiger partial charge in [0.2, 0.25) is 5.89 Å². The topological polar surface area (TPSA) is 89.3 Å². The minimum Gasteiger partial charge on any atom is -0.494 e. The molecule has 1 amide bonds. The van der Waals surface area contributed by atoms with Gasteiger partial charge in [-0.2, -0.15) is 4.98 Å². The van der Waals surface area contributed by atoms with Crippen molar-refractivity contribution in [1.82, 2.24) is 20.6 Å². The fraction of sp³-hybridized carbons (Fsp3) is 0.200. The molecule has 0 saturated heterocycles. The summed E-state index contributed by atoms with van der Waals surface area (Å²) >= 11 is 5.27. The van der Waals surface area contributed by atoms with Gasteiger partial charge in [-0.3, -0.25) is 10.1 Å². The van der Waals surface area contributed by atoms with Crippen LogP contribution in [0, 0.1) is 0 Å². The van der Waals surface area contributed by atoms with Crippen molar-refractivity contribution in [2.75, 3.05) is 6.61 Å². The van der Waals surface area contributed by atoms with Gasteiger partial charge in [0.1, 0.15) is 5.75 Å². The third-order valence-electron chi connectivity index (χ3n) is 4.93. The maximum atomic E-state index is 12.4. The third-order valence-corrected chi connectivity index (χ3v) is 5.18. The van der Waals surface area contributed by atoms with Crippen LogP contribution in [0.4, 0.5) is 0 Å². The zero-order chi connectivity index (χ0) is 23.0. The summed E-state index contributed by atoms with van der Waals surface area (Å²) in [4.78, 5) is 21.0. The minimum atomic E-state index is -0.271. The van der Waals surface area contributed by atoms with Crippen LogP contribution in [0.1, 0.15) is 35.7 Å². The number of rotatable bonds is 8. The van der Waals surface area contributed by atoms with E-state index in [4.69, 9.17) is 21.4 Å². The summed E-state index contributed by atoms with van der Waals surface area (Å²) in [6.07, 6.45) is 3.76. The average Bonchev–Trinajstić information content (AvgIpc) is 3.28. The zero-order valence-corrected chi connectivity index (χ0v) is 19.0. The van der Waals surface area contributed by atoms with Gasteiger partial charge in [-0.05, 0) is 72.7 Å². The number of pyridine rings is 1. The number of fused-ring (bicyclic) bond motifs is 1. The van der Waals surface area contributed by atoms with Crippen LogP contribution in [0.2, 0.25) is 0 Å². The smallest absolute Gasteiger partial charge is 0.257 e. The Labute approximate surface area is 197 Å². The number of ether oxygens (including phenoxy) is 1. The number of benzene rings is 2. The number of nitrogens with zero attached hydrogens (tertiary/aromatic N) is 2. The molecule has 2 heterocycles. The van der Waals surface area contributed by atoms with E-state index in [-0.39, 0.29) is 11.0 Å². The molecule has 0 aliphatic heterocycles. The van der Waals surface area contributed by atoms with Crippen LogP contribution in [-0.2, 0) is 6.54 Å². The number of amides is 1. The molecule has 0 spiro atoms. The highest BCUT2D eigenvalue weighted by Gasteiger charge is 2.10. The van der Waals surface area contributed by atoms with Crippen LogP contribution in [0.3, 0.4) is 0 Å². The first-order valence-corrected chi connectivity index (χ1v) is 11.2. The van der Waals surface area contributed by atoms with Gasteiger partial charge in [0.25, 0.3) is 5.91 Å². The predicted molar refractivity (Wildman–Crippen MR) is 131 cm³/mol. The summed E-state index contributed by atoms with van der Waals surface area (Å²) in [5.41, 5.74) is 3.60. The molecule has 7 nitrogen and oxygen atoms in total. The molecule has 0 aliphatic rings. The summed E-state index contributed by atoms with van der Waals surface area (Å²) < 4.78 is 11.4. The highest BCUT2D eigenvalue weighted by molar-refractivity contribution is 7.80. The first-order valence-electron chi connectivity index (χ1n) is 10.8. The van der Waals surface area contributed by atoms with Crippen molar-refractivity contribution >= 4 is 34.5 Å². The maximum Gasteiger partial charge on any atom is 0.257 e. The lowest BCUT2D eigenvalue weighted by atomic mass is 10.1. The van der Waals surface area contributed by atoms with Gasteiger partial charge < -0.3 is 14.5 Å². The lowest BCUT2D eigenvalue weighted by Gasteiger charge is -2.10. The summed E-state index contributed by atoms with van der Waals surface area (Å²) in [6.45, 7) is 3.25. The van der Waals surface area contributed by atoms with Crippen LogP contribution in [0.25, 0.3) is 22.7 Å². The highest BCUT2D eigenvalue weighted by Crippen LogP contribution is 2.23. The van der Waals surface area contributed by atoms with Gasteiger partial charge in [-0.1, -0.05) is 25.5 Å². The molecule has 0 bridgehead atoms. The summed E-state index contributed by atoms with van der Waals surface area (Å²) in [5, 5.41) is 6.01. The molecular formula is C25H24N4O3S. The molecule has 4 aromatic rings. The molecule has 4 rings (SSSR count). The van der Waals surface area contributed by atoms with Crippen LogP contribution in [0.5, 0.6) is 5.75 Å². The first-order chi connectivity index (χ1) is 16.1. The lowest BCUT2D eigenvalue weighted by Crippen LogP contribution is -2.38. The number of carbonyl (C=O) groups is 1. The number of nitrogens with one attached hydrogen (secondary N) is 2. The monoisotopic (exact) mass is 460 g/mol. The van der Waals surface area contributed by atoms with Gasteiger partial charge in [0.15, 0.2) is 16.3 Å². The van der Waals surface area contributed by atoms with Crippen LogP contribution < -0.4 is 15.4 Å². The first kappa shape index (κ1) is 22.4. The number of hydrogen-bond acceptors (Lipinski definition) is 6. The van der Waals surface area contributed by atoms with Crippen LogP contribution in [-0.4, -0.2) is 27.6 Å². The van der Waals surface area contributed by atoms with E-state index in [1.807, 2.05) is 36.4 Å². The van der Waals surface area contributed by atoms with E-state index in [1.165, 1.54) is 0 Å². The Bertz CT molecular complexity index is 1200. The summed E-state index contributed by atoms with van der Waals surface area (Å²) in [5.74, 6) is 0.999. The van der Waals surface area contributed by atoms with Crippen molar-refractivity contribution in [3.8, 4) is 17.2 Å². The number of thiocarbonyl (C=S) groups is 1. The number of aromatic nitrogens is 2. The van der Waals surface area contributed by atoms with Gasteiger partial charge in [-0.25, -0.2) is 4.98 Å². The van der Waals surface area contributed by atoms with Gasteiger partial charge in [0, 0.05) is 23.9 Å². The molecule has 168 valence electrons. The summed E-state index contributed by atoms with van der Waals surface area (Å²) in [7, 11) is 0. The number of carbonyl (C=O) groups excluding carboxylic acids is 1. The molecule has 0 fully saturated rings. The van der Waals surface area contributed by atoms with Crippen molar-refractivity contribution in [1.29, 1.82) is 0 Å². The molecule has 33 heavy (non-hydrogen) atoms. The Hall–Kier alpha value is -3.78. The quantitative estimate of drug-likeness (QED) is 0.286. The van der Waals surface area contributed by atoms with Crippen LogP contribution in [0.15, 0.2) is 71.3 Å². The lowest BCUT2D eigenvalue weighted by molar-refractivity contribution is 0.0976. The van der Waals surface area contributed by atoms with Crippen molar-refractivity contribution < 1.29 is 13.9 Å². The van der Waals surface area contributed by atoms with Crippen molar-refractivity contribution in [2.45, 2.75) is 26.3 Å². The Morgan fingerprint density at radius 3 is 2.61 bits per heavy atom. The van der Waals surface area contributed by atoms with Gasteiger partial charge >= 0.3 is 0 Å². The molecule has 2 N–H and O–H groups in total. The van der Waals surface area contributed by atoms with Gasteiger partial charge in [0.05, 0.1) is 6.61 Å². The van der Waals surface area contributed by atoms with E-state index >= 15 is 0 Å². The second-order valence-corrected chi connectivity index (χ2v) is 7.81. The predicted octanol–water partition coefficient (Wildman–Crippen LogP) is 4.87. The fourth-order valence-corrected chi connectivity index (χ4v) is 3.26. The molecule has 0 radical (unpaired) electrons. The molecule has 0 unspecified atom stereocenters. The van der Waals surface area contributed by atoms with E-state index in [2.05, 4.69) is 27.5 Å². The SMILES string of the molecule is CCCCOc1ccc(C(=O)NC(=S)NCc2ccc(-c3nc4ncccc4o3)cc2)cc1. The van der Waals surface area contributed by atoms with E-state index in [1.54, 1.807) is 30.5 Å². The number of oxazole rings is 1. The van der Waals surface area contributed by atoms with Crippen molar-refractivity contribution in [2.24, 2.45) is 0 Å². The Morgan fingerprint density at radius 1 is 1.09 bits per heavy atom. The largest absolute Gasteiger partial charge is 0.494 e. The average molecular weight is 461 g/mol. The Morgan fingerprint density at radius 2 is 1.88 bits per heavy atom. The third kappa shape index (κ3) is 5.93. The van der Waals surface area contributed by atoms with E-state index in [0.29, 0.717) is 35.8 Å². The molecule has 2 aromatic carbocycles. The van der Waals surface area contributed by atoms with Crippen molar-refractivity contribution in [3.63, 3.8) is 0 Å². The molecular weight excluding hydrogens is 436 g/mol. The Kier molecular flexibility index (Phi) is 7.26. The van der Waals surface area contributed by atoms with E-state index in [9.17, 15) is 4.79 Å². The summed E-state index contributed by atoms with van der Waals surface area (Å²) in [6, 6.07) is 18.4. The highest BCUT2D eigenvalue weighted by atomic mass is 32.1. The minimum absolute atomic E-state index is 0.261. The van der Waals surface area contributed by atoms with Gasteiger partial charge in [-0.15, -0.1) is 0 Å². The normalized spacial score (nSPS) is 10.7. The standard InChI is InChI=1S/C25H24N4O3S/c1-2-3-15-31-20-12-10-18(11-13-20)23(30)29-25(33)27-16-17-6-8-19(9-7-17)24-28-22-21(32-24)5-4-14-26-22/h4-14H,2-3,15-16H2,1H3,(H2,27,29,30,33). The molecule has 0 atom stereocenters. The molecule has 2 aromatic heterocycles. The second kappa shape index (κ2) is 10.7. The molecule has 0 saturated carbocycles. The number of hydrogen-bond donors (Lipinski definition) is 2. The zero-order valence-electron chi connectivity index (χ0n) is 18.2. The maximum absolute atomic E-state index is 12.4.